The molecular weight excluding hydrogens is 650 g/mol. The predicted octanol–water partition coefficient (Wildman–Crippen LogP) is 4.58. The molecule has 49 heavy (non-hydrogen) atoms. The van der Waals surface area contributed by atoms with E-state index in [9.17, 15) is 20.1 Å². The lowest BCUT2D eigenvalue weighted by Crippen LogP contribution is -2.43. The maximum Gasteiger partial charge on any atom is 0.323 e. The van der Waals surface area contributed by atoms with E-state index in [-0.39, 0.29) is 18.7 Å². The van der Waals surface area contributed by atoms with Gasteiger partial charge in [-0.3, -0.25) is 10.1 Å². The molecule has 3 aromatic carbocycles. The van der Waals surface area contributed by atoms with Crippen molar-refractivity contribution in [2.24, 2.45) is 0 Å². The smallest absolute Gasteiger partial charge is 0.323 e. The normalized spacial score (nSPS) is 16.3. The van der Waals surface area contributed by atoms with Gasteiger partial charge in [0.25, 0.3) is 0 Å². The van der Waals surface area contributed by atoms with Crippen LogP contribution in [0.1, 0.15) is 24.0 Å². The Hall–Kier alpha value is -4.72. The third kappa shape index (κ3) is 6.91. The number of hydrogen-bond donors (Lipinski definition) is 5. The molecule has 0 unspecified atom stereocenters. The summed E-state index contributed by atoms with van der Waals surface area (Å²) in [4.78, 5) is 16.2. The number of carboxylic acid groups (broad SMARTS) is 1. The van der Waals surface area contributed by atoms with Crippen molar-refractivity contribution in [3.8, 4) is 45.5 Å². The molecule has 13 heteroatoms. The fourth-order valence-electron chi connectivity index (χ4n) is 6.09. The van der Waals surface area contributed by atoms with Crippen LogP contribution in [0.25, 0.3) is 39.0 Å². The summed E-state index contributed by atoms with van der Waals surface area (Å²) >= 11 is 7.12. The summed E-state index contributed by atoms with van der Waals surface area (Å²) in [6, 6.07) is 18.4. The second kappa shape index (κ2) is 14.8. The second-order valence-corrected chi connectivity index (χ2v) is 12.2. The first-order valence-electron chi connectivity index (χ1n) is 15.8. The molecule has 0 saturated heterocycles. The largest absolute Gasteiger partial charge is 0.496 e. The van der Waals surface area contributed by atoms with E-state index >= 15 is 0 Å². The van der Waals surface area contributed by atoms with Crippen LogP contribution in [-0.4, -0.2) is 82.2 Å². The average Bonchev–Trinajstić information content (AvgIpc) is 3.54. The van der Waals surface area contributed by atoms with Crippen LogP contribution in [-0.2, 0) is 17.9 Å². The Kier molecular flexibility index (Phi) is 10.3. The molecule has 5 aromatic rings. The number of methoxy groups -OCH3 is 3. The Morgan fingerprint density at radius 3 is 2.33 bits per heavy atom. The molecule has 1 aliphatic rings. The van der Waals surface area contributed by atoms with Crippen LogP contribution >= 0.6 is 11.6 Å². The van der Waals surface area contributed by atoms with Crippen LogP contribution in [0.2, 0.25) is 5.02 Å². The molecule has 5 N–H and O–H groups in total. The number of carboxylic acids is 1. The van der Waals surface area contributed by atoms with E-state index in [2.05, 4.69) is 10.6 Å². The third-order valence-corrected chi connectivity index (χ3v) is 9.26. The number of rotatable bonds is 14. The lowest BCUT2D eigenvalue weighted by Gasteiger charge is -2.32. The number of carbonyl (C=O) groups is 1. The Bertz CT molecular complexity index is 1950. The van der Waals surface area contributed by atoms with Gasteiger partial charge in [0.05, 0.1) is 67.7 Å². The number of pyridine rings is 1. The number of aliphatic hydroxyl groups is 2. The van der Waals surface area contributed by atoms with Gasteiger partial charge in [0, 0.05) is 53.3 Å². The van der Waals surface area contributed by atoms with Gasteiger partial charge in [0.15, 0.2) is 0 Å². The molecule has 1 saturated carbocycles. The highest BCUT2D eigenvalue weighted by Gasteiger charge is 2.27. The molecule has 0 bridgehead atoms. The highest BCUT2D eigenvalue weighted by Crippen LogP contribution is 2.40. The van der Waals surface area contributed by atoms with E-state index in [1.165, 1.54) is 14.2 Å². The fraction of sp³-hybridized carbons (Fsp3) is 0.306. The van der Waals surface area contributed by atoms with Crippen LogP contribution in [0.5, 0.6) is 17.4 Å². The van der Waals surface area contributed by atoms with Gasteiger partial charge >= 0.3 is 5.97 Å². The molecule has 1 fully saturated rings. The van der Waals surface area contributed by atoms with Crippen LogP contribution in [0.15, 0.2) is 66.9 Å². The van der Waals surface area contributed by atoms with Gasteiger partial charge in [-0.05, 0) is 30.5 Å². The summed E-state index contributed by atoms with van der Waals surface area (Å²) in [5, 5.41) is 40.7. The van der Waals surface area contributed by atoms with Crippen LogP contribution < -0.4 is 24.8 Å². The van der Waals surface area contributed by atoms with E-state index in [0.29, 0.717) is 45.9 Å². The van der Waals surface area contributed by atoms with E-state index in [4.69, 9.17) is 35.9 Å². The standard InChI is InChI=1S/C36H38ClN5O7/c1-47-32-14-22(15-33(48-2)28(32)17-39-30(19-43)36(45)46)42-31-9-5-6-24(27(31)18-40-42)25-7-4-8-26(34(25)37)29-11-10-20(35(41-29)49-3)16-38-21-12-23(44)13-21/h4-11,14-15,18,21,23,30,38-39,43-44H,12-13,16-17,19H2,1-3H3,(H,45,46)/t21-,23+,30-/m1/s1. The number of fused-ring (bicyclic) bond motifs is 1. The zero-order valence-corrected chi connectivity index (χ0v) is 28.1. The van der Waals surface area contributed by atoms with Crippen molar-refractivity contribution in [1.82, 2.24) is 25.4 Å². The Balaban J connectivity index is 1.32. The molecule has 2 heterocycles. The van der Waals surface area contributed by atoms with Crippen LogP contribution in [0, 0.1) is 0 Å². The van der Waals surface area contributed by atoms with Gasteiger partial charge in [-0.2, -0.15) is 5.10 Å². The maximum atomic E-state index is 11.4. The molecule has 1 atom stereocenters. The molecule has 0 aliphatic heterocycles. The van der Waals surface area contributed by atoms with Crippen molar-refractivity contribution in [2.75, 3.05) is 27.9 Å². The van der Waals surface area contributed by atoms with Crippen molar-refractivity contribution < 1.29 is 34.3 Å². The minimum absolute atomic E-state index is 0.0921. The second-order valence-electron chi connectivity index (χ2n) is 11.8. The zero-order chi connectivity index (χ0) is 34.7. The number of aromatic nitrogens is 3. The van der Waals surface area contributed by atoms with E-state index in [1.807, 2.05) is 48.5 Å². The minimum Gasteiger partial charge on any atom is -0.496 e. The first-order valence-corrected chi connectivity index (χ1v) is 16.2. The molecule has 0 spiro atoms. The minimum atomic E-state index is -1.16. The first kappa shape index (κ1) is 34.2. The summed E-state index contributed by atoms with van der Waals surface area (Å²) in [6.45, 7) is 0.114. The van der Waals surface area contributed by atoms with Gasteiger partial charge in [-0.1, -0.05) is 48.0 Å². The SMILES string of the molecule is COc1cc(-n2ncc3c(-c4cccc(-c5ccc(CN[C@H]6C[C@@H](O)C6)c(OC)n5)c4Cl)cccc32)cc(OC)c1CN[C@H](CO)C(=O)O. The van der Waals surface area contributed by atoms with Crippen LogP contribution in [0.3, 0.4) is 0 Å². The molecule has 12 nitrogen and oxygen atoms in total. The maximum absolute atomic E-state index is 11.4. The van der Waals surface area contributed by atoms with Crippen molar-refractivity contribution in [1.29, 1.82) is 0 Å². The average molecular weight is 688 g/mol. The molecule has 6 rings (SSSR count). The lowest BCUT2D eigenvalue weighted by atomic mass is 9.89. The number of benzene rings is 3. The third-order valence-electron chi connectivity index (χ3n) is 8.85. The quantitative estimate of drug-likeness (QED) is 0.111. The first-order chi connectivity index (χ1) is 23.8. The Morgan fingerprint density at radius 2 is 1.67 bits per heavy atom. The van der Waals surface area contributed by atoms with Gasteiger partial charge in [0.1, 0.15) is 17.5 Å². The number of ether oxygens (including phenoxy) is 3. The predicted molar refractivity (Wildman–Crippen MR) is 186 cm³/mol. The number of nitrogens with zero attached hydrogens (tertiary/aromatic N) is 3. The zero-order valence-electron chi connectivity index (χ0n) is 27.3. The number of aliphatic hydroxyl groups excluding tert-OH is 2. The molecular formula is C36H38ClN5O7. The Labute approximate surface area is 288 Å². The fourth-order valence-corrected chi connectivity index (χ4v) is 6.42. The van der Waals surface area contributed by atoms with Gasteiger partial charge in [-0.25, -0.2) is 9.67 Å². The van der Waals surface area contributed by atoms with Gasteiger partial charge in [0.2, 0.25) is 5.88 Å². The van der Waals surface area contributed by atoms with Crippen molar-refractivity contribution in [3.63, 3.8) is 0 Å². The Morgan fingerprint density at radius 1 is 0.980 bits per heavy atom. The lowest BCUT2D eigenvalue weighted by molar-refractivity contribution is -0.140. The number of aliphatic carboxylic acids is 1. The highest BCUT2D eigenvalue weighted by atomic mass is 35.5. The monoisotopic (exact) mass is 687 g/mol. The number of hydrogen-bond acceptors (Lipinski definition) is 10. The molecule has 256 valence electrons. The van der Waals surface area contributed by atoms with Gasteiger partial charge in [-0.15, -0.1) is 0 Å². The summed E-state index contributed by atoms with van der Waals surface area (Å²) in [5.74, 6) is 0.278. The molecule has 0 amide bonds. The molecule has 0 radical (unpaired) electrons. The summed E-state index contributed by atoms with van der Waals surface area (Å²) in [5.41, 5.74) is 6.13. The van der Waals surface area contributed by atoms with E-state index < -0.39 is 18.6 Å². The van der Waals surface area contributed by atoms with Crippen molar-refractivity contribution in [2.45, 2.75) is 44.1 Å². The number of nitrogens with one attached hydrogen (secondary N) is 2. The summed E-state index contributed by atoms with van der Waals surface area (Å²) in [6.07, 6.45) is 3.05. The summed E-state index contributed by atoms with van der Waals surface area (Å²) in [7, 11) is 4.64. The van der Waals surface area contributed by atoms with Crippen LogP contribution in [0.4, 0.5) is 0 Å². The topological polar surface area (TPSA) is 160 Å². The van der Waals surface area contributed by atoms with E-state index in [1.54, 1.807) is 30.1 Å². The van der Waals surface area contributed by atoms with E-state index in [0.717, 1.165) is 46.0 Å². The van der Waals surface area contributed by atoms with Crippen molar-refractivity contribution >= 4 is 28.5 Å². The molecule has 2 aromatic heterocycles. The van der Waals surface area contributed by atoms with Crippen molar-refractivity contribution in [3.05, 3.63) is 83.0 Å². The summed E-state index contributed by atoms with van der Waals surface area (Å²) < 4.78 is 18.8. The van der Waals surface area contributed by atoms with Gasteiger partial charge < -0.3 is 34.8 Å². The molecule has 1 aliphatic carbocycles. The highest BCUT2D eigenvalue weighted by molar-refractivity contribution is 6.36. The number of halogens is 1.